The van der Waals surface area contributed by atoms with Crippen molar-refractivity contribution in [3.05, 3.63) is 60.2 Å². The van der Waals surface area contributed by atoms with Gasteiger partial charge >= 0.3 is 5.97 Å². The van der Waals surface area contributed by atoms with Gasteiger partial charge in [-0.05, 0) is 37.6 Å². The van der Waals surface area contributed by atoms with Crippen LogP contribution < -0.4 is 9.64 Å². The molecule has 4 rings (SSSR count). The number of fused-ring (bicyclic) bond motifs is 3. The first-order chi connectivity index (χ1) is 14.9. The van der Waals surface area contributed by atoms with Gasteiger partial charge in [0.2, 0.25) is 0 Å². The molecule has 0 saturated carbocycles. The number of ether oxygens (including phenoxy) is 2. The summed E-state index contributed by atoms with van der Waals surface area (Å²) in [4.78, 5) is 42.7. The smallest absolute Gasteiger partial charge is 0.311 e. The van der Waals surface area contributed by atoms with E-state index in [1.54, 1.807) is 37.9 Å². The second kappa shape index (κ2) is 8.06. The Labute approximate surface area is 181 Å². The maximum atomic E-state index is 13.5. The number of hydrogen-bond donors (Lipinski definition) is 0. The van der Waals surface area contributed by atoms with Crippen LogP contribution in [0, 0.1) is 5.92 Å². The van der Waals surface area contributed by atoms with E-state index in [9.17, 15) is 14.4 Å². The van der Waals surface area contributed by atoms with Gasteiger partial charge in [0.1, 0.15) is 11.3 Å². The van der Waals surface area contributed by atoms with Crippen molar-refractivity contribution >= 4 is 23.5 Å². The number of likely N-dealkylation sites (N-methyl/N-ethyl adjacent to an activating group) is 1. The second-order valence-electron chi connectivity index (χ2n) is 8.01. The Bertz CT molecular complexity index is 1010. The lowest BCUT2D eigenvalue weighted by molar-refractivity contribution is -0.148. The number of amides is 2. The van der Waals surface area contributed by atoms with Crippen LogP contribution in [-0.4, -0.2) is 55.0 Å². The largest absolute Gasteiger partial charge is 0.484 e. The van der Waals surface area contributed by atoms with Crippen molar-refractivity contribution in [1.82, 2.24) is 4.90 Å². The summed E-state index contributed by atoms with van der Waals surface area (Å²) in [7, 11) is 1.70. The Morgan fingerprint density at radius 2 is 1.77 bits per heavy atom. The molecule has 31 heavy (non-hydrogen) atoms. The Morgan fingerprint density at radius 3 is 2.48 bits per heavy atom. The molecule has 7 nitrogen and oxygen atoms in total. The van der Waals surface area contributed by atoms with E-state index in [-0.39, 0.29) is 31.6 Å². The van der Waals surface area contributed by atoms with Crippen LogP contribution in [0.1, 0.15) is 25.3 Å². The molecular weight excluding hydrogens is 396 g/mol. The van der Waals surface area contributed by atoms with Crippen LogP contribution in [0.4, 0.5) is 5.69 Å². The summed E-state index contributed by atoms with van der Waals surface area (Å²) in [6, 6.07) is 16.5. The minimum atomic E-state index is -1.21. The second-order valence-corrected chi connectivity index (χ2v) is 8.01. The van der Waals surface area contributed by atoms with E-state index in [1.165, 1.54) is 4.90 Å². The molecule has 3 atom stereocenters. The van der Waals surface area contributed by atoms with Crippen LogP contribution in [0.3, 0.4) is 0 Å². The predicted molar refractivity (Wildman–Crippen MR) is 115 cm³/mol. The van der Waals surface area contributed by atoms with E-state index in [1.807, 2.05) is 42.5 Å². The molecule has 7 heteroatoms. The van der Waals surface area contributed by atoms with Crippen molar-refractivity contribution in [1.29, 1.82) is 0 Å². The molecule has 0 radical (unpaired) electrons. The number of carbonyl (C=O) groups excluding carboxylic acids is 3. The summed E-state index contributed by atoms with van der Waals surface area (Å²) in [6.07, 6.45) is 0. The number of carbonyl (C=O) groups is 3. The first-order valence-corrected chi connectivity index (χ1v) is 10.4. The molecule has 1 saturated heterocycles. The van der Waals surface area contributed by atoms with Gasteiger partial charge in [0.25, 0.3) is 11.8 Å². The van der Waals surface area contributed by atoms with Gasteiger partial charge in [-0.1, -0.05) is 36.4 Å². The zero-order chi connectivity index (χ0) is 22.2. The van der Waals surface area contributed by atoms with Crippen LogP contribution in [0.15, 0.2) is 54.6 Å². The van der Waals surface area contributed by atoms with E-state index in [2.05, 4.69) is 0 Å². The Morgan fingerprint density at radius 1 is 1.10 bits per heavy atom. The number of nitrogens with zero attached hydrogens (tertiary/aromatic N) is 2. The molecule has 2 heterocycles. The molecule has 2 aromatic carbocycles. The molecule has 2 amide bonds. The quantitative estimate of drug-likeness (QED) is 0.693. The van der Waals surface area contributed by atoms with Crippen molar-refractivity contribution in [3.63, 3.8) is 0 Å². The summed E-state index contributed by atoms with van der Waals surface area (Å²) >= 11 is 0. The molecule has 0 aliphatic carbocycles. The van der Waals surface area contributed by atoms with Crippen molar-refractivity contribution in [3.8, 4) is 5.75 Å². The predicted octanol–water partition coefficient (Wildman–Crippen LogP) is 2.61. The zero-order valence-electron chi connectivity index (χ0n) is 17.9. The molecule has 2 aliphatic rings. The van der Waals surface area contributed by atoms with E-state index < -0.39 is 23.3 Å². The molecule has 0 spiro atoms. The van der Waals surface area contributed by atoms with E-state index in [0.29, 0.717) is 5.75 Å². The Balaban J connectivity index is 1.71. The molecule has 2 aliphatic heterocycles. The SMILES string of the molecule is CCOC(=O)[C@H]1CN(C(=O)COc2ccccc2)[C@]2(C)C(=O)N(C)c3ccccc3[C@H]12. The molecule has 1 fully saturated rings. The number of likely N-dealkylation sites (tertiary alicyclic amines) is 1. The molecule has 0 bridgehead atoms. The maximum absolute atomic E-state index is 13.5. The minimum absolute atomic E-state index is 0.102. The van der Waals surface area contributed by atoms with Crippen LogP contribution in [0.2, 0.25) is 0 Å². The summed E-state index contributed by atoms with van der Waals surface area (Å²) in [5.41, 5.74) is 0.404. The van der Waals surface area contributed by atoms with E-state index in [4.69, 9.17) is 9.47 Å². The van der Waals surface area contributed by atoms with Gasteiger partial charge in [0, 0.05) is 25.2 Å². The highest BCUT2D eigenvalue weighted by atomic mass is 16.5. The lowest BCUT2D eigenvalue weighted by Crippen LogP contribution is -2.61. The number of hydrogen-bond acceptors (Lipinski definition) is 5. The third-order valence-electron chi connectivity index (χ3n) is 6.31. The van der Waals surface area contributed by atoms with Gasteiger partial charge in [0.05, 0.1) is 12.5 Å². The summed E-state index contributed by atoms with van der Waals surface area (Å²) in [6.45, 7) is 3.60. The van der Waals surface area contributed by atoms with Gasteiger partial charge in [-0.3, -0.25) is 14.4 Å². The first kappa shape index (κ1) is 20.9. The number of benzene rings is 2. The Hall–Kier alpha value is -3.35. The van der Waals surface area contributed by atoms with E-state index in [0.717, 1.165) is 11.3 Å². The van der Waals surface area contributed by atoms with Gasteiger partial charge in [-0.2, -0.15) is 0 Å². The third-order valence-corrected chi connectivity index (χ3v) is 6.31. The van der Waals surface area contributed by atoms with Crippen molar-refractivity contribution in [2.75, 3.05) is 31.7 Å². The standard InChI is InChI=1S/C24H26N2O5/c1-4-30-22(28)18-14-26(20(27)15-31-16-10-6-5-7-11-16)24(2)21(18)17-12-8-9-13-19(17)25(3)23(24)29/h5-13,18,21H,4,14-15H2,1-3H3/t18-,21+,24-/m0/s1. The highest BCUT2D eigenvalue weighted by Crippen LogP contribution is 2.52. The number of anilines is 1. The lowest BCUT2D eigenvalue weighted by atomic mass is 9.72. The monoisotopic (exact) mass is 422 g/mol. The summed E-state index contributed by atoms with van der Waals surface area (Å²) < 4.78 is 11.0. The molecule has 2 aromatic rings. The van der Waals surface area contributed by atoms with Gasteiger partial charge in [-0.25, -0.2) is 0 Å². The van der Waals surface area contributed by atoms with E-state index >= 15 is 0 Å². The molecule has 0 unspecified atom stereocenters. The molecule has 0 N–H and O–H groups in total. The topological polar surface area (TPSA) is 76.1 Å². The van der Waals surface area contributed by atoms with Gasteiger partial charge in [0.15, 0.2) is 6.61 Å². The van der Waals surface area contributed by atoms with Crippen LogP contribution in [0.5, 0.6) is 5.75 Å². The maximum Gasteiger partial charge on any atom is 0.311 e. The molecule has 0 aromatic heterocycles. The van der Waals surface area contributed by atoms with Crippen molar-refractivity contribution in [2.45, 2.75) is 25.3 Å². The molecular formula is C24H26N2O5. The lowest BCUT2D eigenvalue weighted by Gasteiger charge is -2.45. The highest BCUT2D eigenvalue weighted by molar-refractivity contribution is 6.07. The van der Waals surface area contributed by atoms with Gasteiger partial charge in [-0.15, -0.1) is 0 Å². The average molecular weight is 422 g/mol. The average Bonchev–Trinajstić information content (AvgIpc) is 3.11. The fourth-order valence-corrected chi connectivity index (χ4v) is 4.88. The highest BCUT2D eigenvalue weighted by Gasteiger charge is 2.63. The van der Waals surface area contributed by atoms with Crippen LogP contribution >= 0.6 is 0 Å². The number of esters is 1. The third kappa shape index (κ3) is 3.34. The summed E-state index contributed by atoms with van der Waals surface area (Å²) in [5, 5.41) is 0. The molecule has 162 valence electrons. The van der Waals surface area contributed by atoms with Crippen molar-refractivity contribution in [2.24, 2.45) is 5.92 Å². The van der Waals surface area contributed by atoms with Crippen LogP contribution in [0.25, 0.3) is 0 Å². The fourth-order valence-electron chi connectivity index (χ4n) is 4.88. The van der Waals surface area contributed by atoms with Crippen LogP contribution in [-0.2, 0) is 19.1 Å². The number of para-hydroxylation sites is 2. The fraction of sp³-hybridized carbons (Fsp3) is 0.375. The summed E-state index contributed by atoms with van der Waals surface area (Å²) in [5.74, 6) is -1.53. The zero-order valence-corrected chi connectivity index (χ0v) is 17.9. The normalized spacial score (nSPS) is 24.4. The van der Waals surface area contributed by atoms with Crippen molar-refractivity contribution < 1.29 is 23.9 Å². The minimum Gasteiger partial charge on any atom is -0.484 e. The first-order valence-electron chi connectivity index (χ1n) is 10.4. The van der Waals surface area contributed by atoms with Gasteiger partial charge < -0.3 is 19.3 Å². The Kier molecular flexibility index (Phi) is 5.43. The number of rotatable bonds is 5.